The van der Waals surface area contributed by atoms with E-state index in [0.29, 0.717) is 23.1 Å². The van der Waals surface area contributed by atoms with E-state index in [1.54, 1.807) is 33.1 Å². The zero-order chi connectivity index (χ0) is 23.8. The van der Waals surface area contributed by atoms with Crippen LogP contribution in [0, 0.1) is 24.7 Å². The molecule has 176 valence electrons. The van der Waals surface area contributed by atoms with E-state index >= 15 is 0 Å². The minimum Gasteiger partial charge on any atom is -0.496 e. The lowest BCUT2D eigenvalue weighted by atomic mass is 9.75. The molecule has 0 radical (unpaired) electrons. The summed E-state index contributed by atoms with van der Waals surface area (Å²) < 4.78 is 11.2. The summed E-state index contributed by atoms with van der Waals surface area (Å²) in [6.45, 7) is 11.5. The molecule has 3 amide bonds. The van der Waals surface area contributed by atoms with Gasteiger partial charge in [0.1, 0.15) is 23.4 Å². The predicted octanol–water partition coefficient (Wildman–Crippen LogP) is 4.16. The molecule has 1 aromatic carbocycles. The topological polar surface area (TPSA) is 84.9 Å². The maximum absolute atomic E-state index is 13.4. The second kappa shape index (κ2) is 9.12. The lowest BCUT2D eigenvalue weighted by molar-refractivity contribution is -0.163. The number of imide groups is 1. The predicted molar refractivity (Wildman–Crippen MR) is 121 cm³/mol. The van der Waals surface area contributed by atoms with Gasteiger partial charge in [-0.15, -0.1) is 0 Å². The van der Waals surface area contributed by atoms with Gasteiger partial charge in [-0.05, 0) is 74.6 Å². The van der Waals surface area contributed by atoms with Crippen LogP contribution < -0.4 is 10.1 Å². The Bertz CT molecular complexity index is 898. The first kappa shape index (κ1) is 24.1. The largest absolute Gasteiger partial charge is 0.496 e. The van der Waals surface area contributed by atoms with Crippen LogP contribution in [0.3, 0.4) is 0 Å². The van der Waals surface area contributed by atoms with Crippen LogP contribution in [0.5, 0.6) is 5.75 Å². The van der Waals surface area contributed by atoms with Gasteiger partial charge >= 0.3 is 12.0 Å². The molecule has 1 aliphatic heterocycles. The van der Waals surface area contributed by atoms with E-state index in [-0.39, 0.29) is 12.0 Å². The van der Waals surface area contributed by atoms with Crippen molar-refractivity contribution < 1.29 is 23.9 Å². The van der Waals surface area contributed by atoms with Crippen molar-refractivity contribution in [3.05, 3.63) is 29.3 Å². The smallest absolute Gasteiger partial charge is 0.329 e. The summed E-state index contributed by atoms with van der Waals surface area (Å²) in [7, 11) is 1.58. The van der Waals surface area contributed by atoms with Gasteiger partial charge < -0.3 is 14.8 Å². The first-order chi connectivity index (χ1) is 15.0. The number of esters is 1. The number of carbonyl (C=O) groups is 3. The van der Waals surface area contributed by atoms with E-state index in [2.05, 4.69) is 26.1 Å². The van der Waals surface area contributed by atoms with E-state index < -0.39 is 29.5 Å². The van der Waals surface area contributed by atoms with E-state index in [1.165, 1.54) is 0 Å². The third kappa shape index (κ3) is 4.34. The highest BCUT2D eigenvalue weighted by atomic mass is 16.5. The summed E-state index contributed by atoms with van der Waals surface area (Å²) in [6, 6.07) is 3.75. The van der Waals surface area contributed by atoms with Gasteiger partial charge in [-0.2, -0.15) is 0 Å². The Hall–Kier alpha value is -2.57. The summed E-state index contributed by atoms with van der Waals surface area (Å²) in [5.41, 5.74) is 0.228. The molecule has 32 heavy (non-hydrogen) atoms. The van der Waals surface area contributed by atoms with Gasteiger partial charge in [-0.25, -0.2) is 14.5 Å². The number of hydrogen-bond acceptors (Lipinski definition) is 5. The zero-order valence-corrected chi connectivity index (χ0v) is 20.2. The molecular weight excluding hydrogens is 408 g/mol. The van der Waals surface area contributed by atoms with Crippen molar-refractivity contribution in [1.29, 1.82) is 0 Å². The number of nitrogens with one attached hydrogen (secondary N) is 1. The number of carbonyl (C=O) groups excluding carboxylic acids is 3. The molecule has 1 saturated heterocycles. The summed E-state index contributed by atoms with van der Waals surface area (Å²) in [4.78, 5) is 40.2. The standard InChI is InChI=1S/C25H36N2O5/c1-14(2)19-10-8-15(3)12-21(19)32-22(28)17(5)27-23(29)25(6,26-24(27)30)18-9-11-20(31-7)16(4)13-18/h9,11,13-15,17,19,21H,8,10,12H2,1-7H3,(H,26,30). The number of urea groups is 1. The molecule has 1 saturated carbocycles. The summed E-state index contributed by atoms with van der Waals surface area (Å²) in [5, 5.41) is 2.77. The molecule has 0 aromatic heterocycles. The lowest BCUT2D eigenvalue weighted by Crippen LogP contribution is -2.48. The van der Waals surface area contributed by atoms with E-state index in [0.717, 1.165) is 29.7 Å². The highest BCUT2D eigenvalue weighted by Gasteiger charge is 2.52. The second-order valence-corrected chi connectivity index (χ2v) is 9.89. The molecule has 3 rings (SSSR count). The quantitative estimate of drug-likeness (QED) is 0.526. The fourth-order valence-electron chi connectivity index (χ4n) is 5.00. The van der Waals surface area contributed by atoms with Crippen molar-refractivity contribution in [3.8, 4) is 5.75 Å². The molecule has 2 fully saturated rings. The van der Waals surface area contributed by atoms with Crippen LogP contribution in [0.25, 0.3) is 0 Å². The van der Waals surface area contributed by atoms with Crippen LogP contribution in [0.1, 0.15) is 65.0 Å². The number of hydrogen-bond donors (Lipinski definition) is 1. The van der Waals surface area contributed by atoms with E-state index in [1.807, 2.05) is 13.0 Å². The SMILES string of the molecule is COc1ccc(C2(C)NC(=O)N(C(C)C(=O)OC3CC(C)CCC3C(C)C)C2=O)cc1C. The van der Waals surface area contributed by atoms with Crippen LogP contribution in [-0.2, 0) is 19.9 Å². The van der Waals surface area contributed by atoms with Gasteiger partial charge in [-0.3, -0.25) is 4.79 Å². The van der Waals surface area contributed by atoms with Crippen molar-refractivity contribution in [3.63, 3.8) is 0 Å². The Balaban J connectivity index is 1.78. The highest BCUT2D eigenvalue weighted by molar-refractivity contribution is 6.09. The third-order valence-electron chi connectivity index (χ3n) is 7.15. The molecule has 5 atom stereocenters. The Morgan fingerprint density at radius 3 is 2.50 bits per heavy atom. The zero-order valence-electron chi connectivity index (χ0n) is 20.2. The maximum atomic E-state index is 13.4. The number of amides is 3. The minimum atomic E-state index is -1.26. The van der Waals surface area contributed by atoms with Crippen LogP contribution in [0.4, 0.5) is 4.79 Å². The number of aryl methyl sites for hydroxylation is 1. The van der Waals surface area contributed by atoms with Gasteiger partial charge in [0.15, 0.2) is 0 Å². The van der Waals surface area contributed by atoms with Crippen molar-refractivity contribution >= 4 is 17.9 Å². The molecule has 1 heterocycles. The van der Waals surface area contributed by atoms with E-state index in [4.69, 9.17) is 9.47 Å². The van der Waals surface area contributed by atoms with Gasteiger partial charge in [0.25, 0.3) is 5.91 Å². The summed E-state index contributed by atoms with van der Waals surface area (Å²) in [5.74, 6) is 0.870. The monoisotopic (exact) mass is 444 g/mol. The van der Waals surface area contributed by atoms with Gasteiger partial charge in [0.05, 0.1) is 7.11 Å². The molecule has 2 aliphatic rings. The number of nitrogens with zero attached hydrogens (tertiary/aromatic N) is 1. The average Bonchev–Trinajstić information content (AvgIpc) is 2.96. The van der Waals surface area contributed by atoms with Crippen molar-refractivity contribution in [2.75, 3.05) is 7.11 Å². The van der Waals surface area contributed by atoms with Crippen LogP contribution >= 0.6 is 0 Å². The fourth-order valence-corrected chi connectivity index (χ4v) is 5.00. The lowest BCUT2D eigenvalue weighted by Gasteiger charge is -2.37. The molecule has 7 heteroatoms. The fraction of sp³-hybridized carbons (Fsp3) is 0.640. The molecule has 1 N–H and O–H groups in total. The first-order valence-corrected chi connectivity index (χ1v) is 11.5. The number of ether oxygens (including phenoxy) is 2. The number of rotatable bonds is 6. The Morgan fingerprint density at radius 1 is 1.22 bits per heavy atom. The number of benzene rings is 1. The maximum Gasteiger partial charge on any atom is 0.329 e. The Labute approximate surface area is 190 Å². The normalized spacial score (nSPS) is 29.1. The van der Waals surface area contributed by atoms with Gasteiger partial charge in [-0.1, -0.05) is 33.3 Å². The molecule has 1 aliphatic carbocycles. The van der Waals surface area contributed by atoms with Gasteiger partial charge in [0.2, 0.25) is 0 Å². The van der Waals surface area contributed by atoms with Crippen molar-refractivity contribution in [2.24, 2.45) is 17.8 Å². The minimum absolute atomic E-state index is 0.190. The number of methoxy groups -OCH3 is 1. The van der Waals surface area contributed by atoms with Crippen LogP contribution in [0.2, 0.25) is 0 Å². The Morgan fingerprint density at radius 2 is 1.91 bits per heavy atom. The molecule has 7 nitrogen and oxygen atoms in total. The van der Waals surface area contributed by atoms with Crippen LogP contribution in [0.15, 0.2) is 18.2 Å². The molecule has 1 aromatic rings. The molecule has 0 spiro atoms. The first-order valence-electron chi connectivity index (χ1n) is 11.5. The summed E-state index contributed by atoms with van der Waals surface area (Å²) in [6.07, 6.45) is 2.76. The molecule has 0 bridgehead atoms. The molecular formula is C25H36N2O5. The van der Waals surface area contributed by atoms with Crippen molar-refractivity contribution in [1.82, 2.24) is 10.2 Å². The van der Waals surface area contributed by atoms with Gasteiger partial charge in [0, 0.05) is 0 Å². The van der Waals surface area contributed by atoms with E-state index in [9.17, 15) is 14.4 Å². The van der Waals surface area contributed by atoms with Crippen molar-refractivity contribution in [2.45, 2.75) is 78.5 Å². The van der Waals surface area contributed by atoms with Crippen LogP contribution in [-0.4, -0.2) is 42.1 Å². The third-order valence-corrected chi connectivity index (χ3v) is 7.15. The average molecular weight is 445 g/mol. The molecule has 5 unspecified atom stereocenters. The second-order valence-electron chi connectivity index (χ2n) is 9.89. The summed E-state index contributed by atoms with van der Waals surface area (Å²) >= 11 is 0. The Kier molecular flexibility index (Phi) is 6.86. The highest BCUT2D eigenvalue weighted by Crippen LogP contribution is 2.36.